The Morgan fingerprint density at radius 1 is 1.29 bits per heavy atom. The summed E-state index contributed by atoms with van der Waals surface area (Å²) >= 11 is 0. The fraction of sp³-hybridized carbons (Fsp3) is 0.500. The fourth-order valence-corrected chi connectivity index (χ4v) is 3.70. The van der Waals surface area contributed by atoms with Gasteiger partial charge in [0.25, 0.3) is 0 Å². The van der Waals surface area contributed by atoms with Gasteiger partial charge in [-0.1, -0.05) is 17.3 Å². The zero-order valence-corrected chi connectivity index (χ0v) is 12.0. The second kappa shape index (κ2) is 4.84. The Bertz CT molecular complexity index is 667. The van der Waals surface area contributed by atoms with Gasteiger partial charge in [0.05, 0.1) is 5.39 Å². The molecule has 3 heterocycles. The first kappa shape index (κ1) is 12.8. The highest BCUT2D eigenvalue weighted by atomic mass is 16.5. The molecule has 2 saturated heterocycles. The van der Waals surface area contributed by atoms with E-state index in [2.05, 4.69) is 17.1 Å². The van der Waals surface area contributed by atoms with Crippen molar-refractivity contribution in [3.8, 4) is 0 Å². The fourth-order valence-electron chi connectivity index (χ4n) is 3.70. The Morgan fingerprint density at radius 2 is 2.00 bits per heavy atom. The molecule has 4 rings (SSSR count). The minimum absolute atomic E-state index is 0.00154. The molecule has 2 aliphatic heterocycles. The largest absolute Gasteiger partial charge is 0.457 e. The van der Waals surface area contributed by atoms with Crippen LogP contribution in [0.25, 0.3) is 11.0 Å². The number of nitrogens with zero attached hydrogens (tertiary/aromatic N) is 2. The number of esters is 1. The standard InChI is InChI=1S/C16H18N2O3/c1-18-10-6-7-11(18)9-12(8-10)20-16(19)15-13-4-2-3-5-14(13)21-17-15/h2-5,10-12H,6-9H2,1H3/t10-,11+,12?. The summed E-state index contributed by atoms with van der Waals surface area (Å²) in [7, 11) is 2.17. The highest BCUT2D eigenvalue weighted by molar-refractivity contribution is 6.01. The summed E-state index contributed by atoms with van der Waals surface area (Å²) in [6.45, 7) is 0. The molecule has 0 aliphatic carbocycles. The first-order valence-electron chi connectivity index (χ1n) is 7.49. The molecule has 0 saturated carbocycles. The van der Waals surface area contributed by atoms with E-state index in [1.807, 2.05) is 18.2 Å². The normalized spacial score (nSPS) is 28.9. The lowest BCUT2D eigenvalue weighted by Crippen LogP contribution is -2.43. The summed E-state index contributed by atoms with van der Waals surface area (Å²) in [5.41, 5.74) is 0.907. The van der Waals surface area contributed by atoms with Gasteiger partial charge in [0, 0.05) is 24.9 Å². The molecule has 5 heteroatoms. The Morgan fingerprint density at radius 3 is 2.76 bits per heavy atom. The topological polar surface area (TPSA) is 55.6 Å². The molecular weight excluding hydrogens is 268 g/mol. The summed E-state index contributed by atoms with van der Waals surface area (Å²) < 4.78 is 10.9. The van der Waals surface area contributed by atoms with Gasteiger partial charge in [-0.25, -0.2) is 4.79 Å². The van der Waals surface area contributed by atoms with Crippen LogP contribution in [0, 0.1) is 0 Å². The van der Waals surface area contributed by atoms with Crippen LogP contribution in [0.4, 0.5) is 0 Å². The van der Waals surface area contributed by atoms with Gasteiger partial charge in [-0.15, -0.1) is 0 Å². The number of carbonyl (C=O) groups excluding carboxylic acids is 1. The number of piperidine rings is 1. The molecule has 2 fully saturated rings. The third kappa shape index (κ3) is 2.12. The third-order valence-corrected chi connectivity index (χ3v) is 4.90. The van der Waals surface area contributed by atoms with Gasteiger partial charge < -0.3 is 14.2 Å². The van der Waals surface area contributed by atoms with Crippen LogP contribution < -0.4 is 0 Å². The predicted molar refractivity (Wildman–Crippen MR) is 77.0 cm³/mol. The van der Waals surface area contributed by atoms with Crippen LogP contribution in [-0.4, -0.2) is 41.3 Å². The molecule has 1 unspecified atom stereocenters. The number of benzene rings is 1. The summed E-state index contributed by atoms with van der Waals surface area (Å²) in [4.78, 5) is 14.8. The molecule has 110 valence electrons. The number of carbonyl (C=O) groups is 1. The van der Waals surface area contributed by atoms with Crippen molar-refractivity contribution in [3.05, 3.63) is 30.0 Å². The lowest BCUT2D eigenvalue weighted by Gasteiger charge is -2.35. The molecule has 0 amide bonds. The molecule has 21 heavy (non-hydrogen) atoms. The van der Waals surface area contributed by atoms with Crippen molar-refractivity contribution in [3.63, 3.8) is 0 Å². The predicted octanol–water partition coefficient (Wildman–Crippen LogP) is 2.61. The van der Waals surface area contributed by atoms with Crippen LogP contribution in [0.2, 0.25) is 0 Å². The number of rotatable bonds is 2. The molecule has 5 nitrogen and oxygen atoms in total. The minimum Gasteiger partial charge on any atom is -0.457 e. The van der Waals surface area contributed by atoms with Crippen LogP contribution in [0.3, 0.4) is 0 Å². The maximum Gasteiger partial charge on any atom is 0.361 e. The van der Waals surface area contributed by atoms with Gasteiger partial charge in [-0.2, -0.15) is 0 Å². The van der Waals surface area contributed by atoms with E-state index in [0.717, 1.165) is 18.2 Å². The highest BCUT2D eigenvalue weighted by Gasteiger charge is 2.40. The molecule has 1 aromatic heterocycles. The Hall–Kier alpha value is -1.88. The summed E-state index contributed by atoms with van der Waals surface area (Å²) in [5, 5.41) is 4.59. The Balaban J connectivity index is 1.51. The van der Waals surface area contributed by atoms with Gasteiger partial charge in [0.2, 0.25) is 0 Å². The smallest absolute Gasteiger partial charge is 0.361 e. The van der Waals surface area contributed by atoms with Crippen molar-refractivity contribution in [2.45, 2.75) is 43.9 Å². The zero-order valence-electron chi connectivity index (χ0n) is 12.0. The van der Waals surface area contributed by atoms with Crippen LogP contribution in [0.15, 0.2) is 28.8 Å². The molecule has 2 bridgehead atoms. The molecule has 2 aromatic rings. The van der Waals surface area contributed by atoms with E-state index in [1.54, 1.807) is 6.07 Å². The maximum absolute atomic E-state index is 12.3. The first-order chi connectivity index (χ1) is 10.2. The van der Waals surface area contributed by atoms with Crippen molar-refractivity contribution in [1.29, 1.82) is 0 Å². The maximum atomic E-state index is 12.3. The van der Waals surface area contributed by atoms with E-state index in [9.17, 15) is 4.79 Å². The van der Waals surface area contributed by atoms with Crippen molar-refractivity contribution < 1.29 is 14.1 Å². The molecule has 0 N–H and O–H groups in total. The molecule has 3 atom stereocenters. The SMILES string of the molecule is CN1[C@@H]2CC[C@H]1CC(OC(=O)c1noc3ccccc13)C2. The number of hydrogen-bond donors (Lipinski definition) is 0. The average molecular weight is 286 g/mol. The Kier molecular flexibility index (Phi) is 2.96. The van der Waals surface area contributed by atoms with Gasteiger partial charge in [0.15, 0.2) is 11.3 Å². The van der Waals surface area contributed by atoms with E-state index in [-0.39, 0.29) is 17.8 Å². The second-order valence-corrected chi connectivity index (χ2v) is 6.08. The molecule has 2 aliphatic rings. The van der Waals surface area contributed by atoms with Crippen LogP contribution in [0.1, 0.15) is 36.2 Å². The number of hydrogen-bond acceptors (Lipinski definition) is 5. The molecule has 0 radical (unpaired) electrons. The van der Waals surface area contributed by atoms with Crippen molar-refractivity contribution in [2.75, 3.05) is 7.05 Å². The minimum atomic E-state index is -0.367. The van der Waals surface area contributed by atoms with Crippen molar-refractivity contribution in [1.82, 2.24) is 10.1 Å². The highest BCUT2D eigenvalue weighted by Crippen LogP contribution is 2.35. The first-order valence-corrected chi connectivity index (χ1v) is 7.49. The van der Waals surface area contributed by atoms with Gasteiger partial charge in [-0.05, 0) is 32.0 Å². The molecule has 0 spiro atoms. The van der Waals surface area contributed by atoms with Gasteiger partial charge in [0.1, 0.15) is 6.10 Å². The summed E-state index contributed by atoms with van der Waals surface area (Å²) in [6, 6.07) is 8.46. The van der Waals surface area contributed by atoms with E-state index in [1.165, 1.54) is 12.8 Å². The number of ether oxygens (including phenoxy) is 1. The van der Waals surface area contributed by atoms with Crippen LogP contribution in [0.5, 0.6) is 0 Å². The lowest BCUT2D eigenvalue weighted by molar-refractivity contribution is -0.00113. The van der Waals surface area contributed by atoms with E-state index in [0.29, 0.717) is 17.7 Å². The average Bonchev–Trinajstić information content (AvgIpc) is 2.98. The Labute approximate surface area is 122 Å². The number of para-hydroxylation sites is 1. The van der Waals surface area contributed by atoms with Gasteiger partial charge >= 0.3 is 5.97 Å². The number of fused-ring (bicyclic) bond motifs is 3. The quantitative estimate of drug-likeness (QED) is 0.794. The van der Waals surface area contributed by atoms with E-state index >= 15 is 0 Å². The monoisotopic (exact) mass is 286 g/mol. The zero-order chi connectivity index (χ0) is 14.4. The van der Waals surface area contributed by atoms with Crippen LogP contribution >= 0.6 is 0 Å². The summed E-state index contributed by atoms with van der Waals surface area (Å²) in [5.74, 6) is -0.367. The van der Waals surface area contributed by atoms with E-state index in [4.69, 9.17) is 9.26 Å². The van der Waals surface area contributed by atoms with Crippen molar-refractivity contribution in [2.24, 2.45) is 0 Å². The van der Waals surface area contributed by atoms with E-state index < -0.39 is 0 Å². The van der Waals surface area contributed by atoms with Crippen LogP contribution in [-0.2, 0) is 4.74 Å². The molecule has 1 aromatic carbocycles. The van der Waals surface area contributed by atoms with Gasteiger partial charge in [-0.3, -0.25) is 0 Å². The molecular formula is C16H18N2O3. The van der Waals surface area contributed by atoms with Crippen molar-refractivity contribution >= 4 is 16.9 Å². The second-order valence-electron chi connectivity index (χ2n) is 6.08. The third-order valence-electron chi connectivity index (χ3n) is 4.90. The summed E-state index contributed by atoms with van der Waals surface area (Å²) in [6.07, 6.45) is 4.27. The lowest BCUT2D eigenvalue weighted by atomic mass is 10.0. The number of aromatic nitrogens is 1.